The van der Waals surface area contributed by atoms with Crippen molar-refractivity contribution in [3.8, 4) is 18.1 Å². The SMILES string of the molecule is C#CCN(CCC1(C)NN1)Cc1cc(CN2CCCCC2)c(O)c2ncccc12. The van der Waals surface area contributed by atoms with E-state index < -0.39 is 0 Å². The third kappa shape index (κ3) is 4.88. The lowest BCUT2D eigenvalue weighted by Crippen LogP contribution is -2.30. The number of hydrogen-bond acceptors (Lipinski definition) is 6. The Hall–Kier alpha value is -2.17. The number of piperidine rings is 1. The zero-order valence-corrected chi connectivity index (χ0v) is 17.2. The number of terminal acetylenes is 1. The van der Waals surface area contributed by atoms with Crippen LogP contribution in [0.25, 0.3) is 10.9 Å². The van der Waals surface area contributed by atoms with Gasteiger partial charge in [-0.25, -0.2) is 10.9 Å². The van der Waals surface area contributed by atoms with Crippen LogP contribution in [0.5, 0.6) is 5.75 Å². The molecule has 6 heteroatoms. The van der Waals surface area contributed by atoms with Crippen LogP contribution >= 0.6 is 0 Å². The highest BCUT2D eigenvalue weighted by Crippen LogP contribution is 2.32. The van der Waals surface area contributed by atoms with Crippen LogP contribution in [0.4, 0.5) is 0 Å². The summed E-state index contributed by atoms with van der Waals surface area (Å²) in [7, 11) is 0. The van der Waals surface area contributed by atoms with Gasteiger partial charge < -0.3 is 5.11 Å². The van der Waals surface area contributed by atoms with Gasteiger partial charge in [0.15, 0.2) is 0 Å². The Morgan fingerprint density at radius 3 is 2.79 bits per heavy atom. The Kier molecular flexibility index (Phi) is 6.02. The summed E-state index contributed by atoms with van der Waals surface area (Å²) in [5, 5.41) is 11.9. The van der Waals surface area contributed by atoms with Crippen LogP contribution in [-0.2, 0) is 13.1 Å². The molecule has 29 heavy (non-hydrogen) atoms. The van der Waals surface area contributed by atoms with Gasteiger partial charge in [-0.1, -0.05) is 18.4 Å². The maximum atomic E-state index is 10.9. The molecule has 0 amide bonds. The van der Waals surface area contributed by atoms with Crippen LogP contribution in [0, 0.1) is 12.3 Å². The van der Waals surface area contributed by atoms with Crippen LogP contribution in [0.15, 0.2) is 24.4 Å². The number of rotatable bonds is 8. The highest BCUT2D eigenvalue weighted by atomic mass is 16.3. The number of aromatic hydroxyl groups is 1. The molecule has 4 rings (SSSR count). The second kappa shape index (κ2) is 8.68. The van der Waals surface area contributed by atoms with E-state index in [0.29, 0.717) is 17.8 Å². The lowest BCUT2D eigenvalue weighted by Gasteiger charge is -2.27. The summed E-state index contributed by atoms with van der Waals surface area (Å²) in [5.74, 6) is 3.11. The number of phenols is 1. The minimum Gasteiger partial charge on any atom is -0.505 e. The van der Waals surface area contributed by atoms with Crippen molar-refractivity contribution in [3.05, 3.63) is 35.5 Å². The standard InChI is InChI=1S/C23H31N5O/c1-3-11-27(14-9-23(2)25-26-23)16-18-15-19(17-28-12-5-4-6-13-28)22(29)21-20(18)8-7-10-24-21/h1,7-8,10,15,25-26,29H,4-6,9,11-14,16-17H2,2H3. The molecule has 0 atom stereocenters. The van der Waals surface area contributed by atoms with Crippen LogP contribution < -0.4 is 10.9 Å². The summed E-state index contributed by atoms with van der Waals surface area (Å²) in [6.07, 6.45) is 12.1. The largest absolute Gasteiger partial charge is 0.505 e. The fourth-order valence-electron chi connectivity index (χ4n) is 4.17. The topological polar surface area (TPSA) is 83.5 Å². The molecule has 2 saturated heterocycles. The molecule has 0 saturated carbocycles. The Bertz CT molecular complexity index is 896. The number of aromatic nitrogens is 1. The second-order valence-electron chi connectivity index (χ2n) is 8.53. The van der Waals surface area contributed by atoms with Crippen LogP contribution in [-0.4, -0.2) is 51.7 Å². The predicted molar refractivity (Wildman–Crippen MR) is 116 cm³/mol. The molecule has 0 aliphatic carbocycles. The van der Waals surface area contributed by atoms with E-state index in [2.05, 4.69) is 44.5 Å². The summed E-state index contributed by atoms with van der Waals surface area (Å²) in [6, 6.07) is 6.13. The van der Waals surface area contributed by atoms with Crippen molar-refractivity contribution < 1.29 is 5.11 Å². The van der Waals surface area contributed by atoms with E-state index in [-0.39, 0.29) is 5.66 Å². The van der Waals surface area contributed by atoms with Crippen molar-refractivity contribution in [1.29, 1.82) is 0 Å². The first-order chi connectivity index (χ1) is 14.1. The number of phenolic OH excluding ortho intramolecular Hbond substituents is 1. The molecule has 0 spiro atoms. The van der Waals surface area contributed by atoms with Crippen LogP contribution in [0.1, 0.15) is 43.7 Å². The molecular formula is C23H31N5O. The average molecular weight is 394 g/mol. The number of hydrogen-bond donors (Lipinski definition) is 3. The summed E-state index contributed by atoms with van der Waals surface area (Å²) >= 11 is 0. The van der Waals surface area contributed by atoms with Crippen molar-refractivity contribution in [3.63, 3.8) is 0 Å². The molecule has 6 nitrogen and oxygen atoms in total. The van der Waals surface area contributed by atoms with Gasteiger partial charge in [0.05, 0.1) is 12.2 Å². The van der Waals surface area contributed by atoms with Crippen LogP contribution in [0.3, 0.4) is 0 Å². The summed E-state index contributed by atoms with van der Waals surface area (Å²) in [5.41, 5.74) is 9.22. The third-order valence-corrected chi connectivity index (χ3v) is 6.06. The van der Waals surface area contributed by atoms with Gasteiger partial charge in [-0.15, -0.1) is 6.42 Å². The minimum atomic E-state index is 0.0187. The summed E-state index contributed by atoms with van der Waals surface area (Å²) < 4.78 is 0. The Morgan fingerprint density at radius 1 is 1.28 bits per heavy atom. The highest BCUT2D eigenvalue weighted by molar-refractivity contribution is 5.88. The molecule has 1 aromatic carbocycles. The molecule has 0 bridgehead atoms. The zero-order valence-electron chi connectivity index (χ0n) is 17.2. The van der Waals surface area contributed by atoms with Crippen molar-refractivity contribution in [1.82, 2.24) is 25.6 Å². The molecule has 0 unspecified atom stereocenters. The average Bonchev–Trinajstić information content (AvgIpc) is 3.48. The first kappa shape index (κ1) is 20.1. The number of benzene rings is 1. The second-order valence-corrected chi connectivity index (χ2v) is 8.53. The van der Waals surface area contributed by atoms with Gasteiger partial charge in [0, 0.05) is 36.8 Å². The Labute approximate surface area is 173 Å². The maximum Gasteiger partial charge on any atom is 0.146 e. The van der Waals surface area contributed by atoms with Gasteiger partial charge in [0.1, 0.15) is 11.3 Å². The maximum absolute atomic E-state index is 10.9. The molecule has 2 aromatic rings. The van der Waals surface area contributed by atoms with Crippen molar-refractivity contribution in [2.45, 2.75) is 51.4 Å². The Morgan fingerprint density at radius 2 is 2.07 bits per heavy atom. The number of pyridine rings is 1. The van der Waals surface area contributed by atoms with Crippen molar-refractivity contribution in [2.24, 2.45) is 0 Å². The molecule has 2 aliphatic rings. The molecule has 154 valence electrons. The van der Waals surface area contributed by atoms with Gasteiger partial charge in [-0.05, 0) is 57.0 Å². The lowest BCUT2D eigenvalue weighted by molar-refractivity contribution is 0.218. The summed E-state index contributed by atoms with van der Waals surface area (Å²) in [6.45, 7) is 7.35. The number of fused-ring (bicyclic) bond motifs is 1. The molecule has 1 aromatic heterocycles. The molecule has 0 radical (unpaired) electrons. The fourth-order valence-corrected chi connectivity index (χ4v) is 4.17. The monoisotopic (exact) mass is 393 g/mol. The third-order valence-electron chi connectivity index (χ3n) is 6.06. The van der Waals surface area contributed by atoms with E-state index in [9.17, 15) is 5.11 Å². The quantitative estimate of drug-likeness (QED) is 0.472. The first-order valence-corrected chi connectivity index (χ1v) is 10.6. The van der Waals surface area contributed by atoms with Gasteiger partial charge in [-0.3, -0.25) is 14.8 Å². The van der Waals surface area contributed by atoms with Crippen molar-refractivity contribution >= 4 is 10.9 Å². The summed E-state index contributed by atoms with van der Waals surface area (Å²) in [4.78, 5) is 9.22. The van der Waals surface area contributed by atoms with Crippen LogP contribution in [0.2, 0.25) is 0 Å². The van der Waals surface area contributed by atoms with E-state index in [4.69, 9.17) is 6.42 Å². The zero-order chi connectivity index (χ0) is 20.3. The Balaban J connectivity index is 1.60. The van der Waals surface area contributed by atoms with E-state index in [0.717, 1.165) is 50.1 Å². The number of nitrogens with one attached hydrogen (secondary N) is 2. The molecule has 2 aliphatic heterocycles. The smallest absolute Gasteiger partial charge is 0.146 e. The number of hydrazine groups is 1. The minimum absolute atomic E-state index is 0.0187. The number of likely N-dealkylation sites (tertiary alicyclic amines) is 1. The lowest BCUT2D eigenvalue weighted by atomic mass is 10.0. The molecule has 3 N–H and O–H groups in total. The first-order valence-electron chi connectivity index (χ1n) is 10.6. The van der Waals surface area contributed by atoms with E-state index >= 15 is 0 Å². The van der Waals surface area contributed by atoms with E-state index in [1.165, 1.54) is 24.8 Å². The highest BCUT2D eigenvalue weighted by Gasteiger charge is 2.35. The van der Waals surface area contributed by atoms with Gasteiger partial charge in [-0.2, -0.15) is 0 Å². The fraction of sp³-hybridized carbons (Fsp3) is 0.522. The molecule has 3 heterocycles. The normalized spacial score (nSPS) is 18.8. The van der Waals surface area contributed by atoms with E-state index in [1.54, 1.807) is 6.20 Å². The molecule has 2 fully saturated rings. The van der Waals surface area contributed by atoms with E-state index in [1.807, 2.05) is 12.1 Å². The van der Waals surface area contributed by atoms with Gasteiger partial charge >= 0.3 is 0 Å². The molecular weight excluding hydrogens is 362 g/mol. The predicted octanol–water partition coefficient (Wildman–Crippen LogP) is 2.58. The van der Waals surface area contributed by atoms with Crippen molar-refractivity contribution in [2.75, 3.05) is 26.2 Å². The number of nitrogens with zero attached hydrogens (tertiary/aromatic N) is 3. The van der Waals surface area contributed by atoms with Gasteiger partial charge in [0.25, 0.3) is 0 Å². The van der Waals surface area contributed by atoms with Gasteiger partial charge in [0.2, 0.25) is 0 Å².